The molecule has 14 heteroatoms. The molecule has 0 saturated carbocycles. The molecule has 2 aliphatic heterocycles. The highest BCUT2D eigenvalue weighted by molar-refractivity contribution is 7.89. The monoisotopic (exact) mass is 635 g/mol. The lowest BCUT2D eigenvalue weighted by molar-refractivity contribution is 0.0359. The van der Waals surface area contributed by atoms with E-state index in [2.05, 4.69) is 27.4 Å². The number of likely N-dealkylation sites (N-methyl/N-ethyl adjacent to an activating group) is 1. The highest BCUT2D eigenvalue weighted by Gasteiger charge is 2.38. The van der Waals surface area contributed by atoms with Crippen LogP contribution < -0.4 is 21.1 Å². The predicted octanol–water partition coefficient (Wildman–Crippen LogP) is 2.11. The number of aromatic nitrogens is 1. The van der Waals surface area contributed by atoms with E-state index in [9.17, 15) is 22.4 Å². The Morgan fingerprint density at radius 2 is 1.86 bits per heavy atom. The van der Waals surface area contributed by atoms with Crippen LogP contribution in [-0.2, 0) is 23.0 Å². The summed E-state index contributed by atoms with van der Waals surface area (Å²) in [7, 11) is -4.00. The number of rotatable bonds is 14. The average Bonchev–Trinajstić information content (AvgIpc) is 3.39. The van der Waals surface area contributed by atoms with Crippen LogP contribution >= 0.6 is 0 Å². The fourth-order valence-electron chi connectivity index (χ4n) is 5.85. The normalized spacial score (nSPS) is 18.8. The molecule has 0 radical (unpaired) electrons. The van der Waals surface area contributed by atoms with Crippen molar-refractivity contribution in [2.75, 3.05) is 71.0 Å². The lowest BCUT2D eigenvalue weighted by atomic mass is 10.1. The molecule has 3 heterocycles. The van der Waals surface area contributed by atoms with Gasteiger partial charge in [0.2, 0.25) is 10.0 Å². The van der Waals surface area contributed by atoms with Gasteiger partial charge in [-0.3, -0.25) is 18.9 Å². The lowest BCUT2D eigenvalue weighted by Gasteiger charge is -2.45. The number of carbonyl (C=O) groups excluding carboxylic acids is 2. The minimum Gasteiger partial charge on any atom is -0.493 e. The zero-order chi connectivity index (χ0) is 31.9. The minimum absolute atomic E-state index is 0.0129. The quantitative estimate of drug-likeness (QED) is 0.287. The van der Waals surface area contributed by atoms with Gasteiger partial charge in [0.1, 0.15) is 11.4 Å². The number of carbonyl (C=O) groups is 2. The molecule has 1 atom stereocenters. The number of anilines is 1. The molecule has 0 aliphatic carbocycles. The molecule has 4 rings (SSSR count). The minimum atomic E-state index is -4.00. The second kappa shape index (κ2) is 15.3. The van der Waals surface area contributed by atoms with Crippen LogP contribution in [0.15, 0.2) is 29.3 Å². The number of ether oxygens (including phenoxy) is 1. The largest absolute Gasteiger partial charge is 0.493 e. The number of nitrogens with zero attached hydrogens (tertiary/aromatic N) is 4. The van der Waals surface area contributed by atoms with E-state index < -0.39 is 28.5 Å². The van der Waals surface area contributed by atoms with E-state index in [-0.39, 0.29) is 46.6 Å². The standard InChI is InChI=1S/C30H46FN7O5S/c1-4-18-43-25-10-9-23(44(41,42)38-13-12-33-20-26(38)37-16-14-35(5-2)15-17-37)19-24(25)30(40)34-27-22(8-7-11-31)21-36(6-3)28(27)29(32)39/h9-10,19,21,26,33H,4-8,11-18,20H2,1-3H3,(H2,32,39)(H,34,40). The van der Waals surface area contributed by atoms with E-state index in [1.165, 1.54) is 22.5 Å². The Bertz CT molecular complexity index is 1410. The molecule has 1 aromatic carbocycles. The molecule has 1 aromatic heterocycles. The Balaban J connectivity index is 1.69. The van der Waals surface area contributed by atoms with Crippen molar-refractivity contribution in [3.05, 3.63) is 41.2 Å². The SMILES string of the molecule is CCCOc1ccc(S(=O)(=O)N2CCNCC2N2CCN(CC)CC2)cc1C(=O)Nc1c(CCCF)cn(CC)c1C(N)=O. The zero-order valence-corrected chi connectivity index (χ0v) is 26.8. The van der Waals surface area contributed by atoms with Crippen molar-refractivity contribution in [1.82, 2.24) is 24.0 Å². The van der Waals surface area contributed by atoms with Gasteiger partial charge in [-0.25, -0.2) is 8.42 Å². The van der Waals surface area contributed by atoms with Gasteiger partial charge in [0.05, 0.1) is 35.6 Å². The summed E-state index contributed by atoms with van der Waals surface area (Å²) in [5.41, 5.74) is 6.56. The smallest absolute Gasteiger partial charge is 0.267 e. The third-order valence-corrected chi connectivity index (χ3v) is 10.2. The molecule has 244 valence electrons. The molecule has 1 unspecified atom stereocenters. The van der Waals surface area contributed by atoms with Gasteiger partial charge in [0.15, 0.2) is 0 Å². The first-order valence-electron chi connectivity index (χ1n) is 15.5. The number of benzene rings is 1. The van der Waals surface area contributed by atoms with Crippen LogP contribution in [0.1, 0.15) is 60.0 Å². The first kappa shape index (κ1) is 33.8. The lowest BCUT2D eigenvalue weighted by Crippen LogP contribution is -2.63. The number of piperazine rings is 2. The molecule has 2 amide bonds. The molecule has 2 aliphatic rings. The first-order chi connectivity index (χ1) is 21.2. The van der Waals surface area contributed by atoms with Gasteiger partial charge in [-0.15, -0.1) is 0 Å². The Labute approximate surface area is 259 Å². The molecule has 12 nitrogen and oxygen atoms in total. The number of nitrogens with one attached hydrogen (secondary N) is 2. The van der Waals surface area contributed by atoms with Crippen molar-refractivity contribution in [3.63, 3.8) is 0 Å². The summed E-state index contributed by atoms with van der Waals surface area (Å²) in [5.74, 6) is -1.17. The van der Waals surface area contributed by atoms with Gasteiger partial charge >= 0.3 is 0 Å². The van der Waals surface area contributed by atoms with E-state index in [1.54, 1.807) is 10.8 Å². The Hall–Kier alpha value is -3.04. The van der Waals surface area contributed by atoms with E-state index in [0.717, 1.165) is 32.7 Å². The van der Waals surface area contributed by atoms with Crippen molar-refractivity contribution in [2.45, 2.75) is 57.6 Å². The Morgan fingerprint density at radius 1 is 1.11 bits per heavy atom. The second-order valence-corrected chi connectivity index (χ2v) is 12.9. The van der Waals surface area contributed by atoms with Gasteiger partial charge in [-0.2, -0.15) is 4.31 Å². The van der Waals surface area contributed by atoms with Crippen LogP contribution in [0.3, 0.4) is 0 Å². The van der Waals surface area contributed by atoms with Crippen LogP contribution in [0, 0.1) is 0 Å². The van der Waals surface area contributed by atoms with Gasteiger partial charge < -0.3 is 30.6 Å². The number of aryl methyl sites for hydroxylation is 2. The number of nitrogens with two attached hydrogens (primary N) is 1. The van der Waals surface area contributed by atoms with Crippen molar-refractivity contribution >= 4 is 27.5 Å². The summed E-state index contributed by atoms with van der Waals surface area (Å²) in [6, 6.07) is 4.32. The van der Waals surface area contributed by atoms with Gasteiger partial charge in [-0.1, -0.05) is 13.8 Å². The van der Waals surface area contributed by atoms with Crippen LogP contribution in [0.4, 0.5) is 10.1 Å². The zero-order valence-electron chi connectivity index (χ0n) is 26.0. The summed E-state index contributed by atoms with van der Waals surface area (Å²) < 4.78 is 50.4. The van der Waals surface area contributed by atoms with Crippen LogP contribution in [0.5, 0.6) is 5.75 Å². The van der Waals surface area contributed by atoms with Crippen molar-refractivity contribution in [2.24, 2.45) is 5.73 Å². The predicted molar refractivity (Wildman–Crippen MR) is 167 cm³/mol. The van der Waals surface area contributed by atoms with Crippen molar-refractivity contribution in [3.8, 4) is 5.75 Å². The molecule has 2 fully saturated rings. The fourth-order valence-corrected chi connectivity index (χ4v) is 7.49. The highest BCUT2D eigenvalue weighted by atomic mass is 32.2. The molecule has 2 aromatic rings. The van der Waals surface area contributed by atoms with E-state index in [0.29, 0.717) is 44.8 Å². The first-order valence-corrected chi connectivity index (χ1v) is 16.9. The summed E-state index contributed by atoms with van der Waals surface area (Å²) in [4.78, 5) is 30.8. The second-order valence-electron chi connectivity index (χ2n) is 11.1. The van der Waals surface area contributed by atoms with Gasteiger partial charge in [0, 0.05) is 58.6 Å². The van der Waals surface area contributed by atoms with Crippen LogP contribution in [-0.4, -0.2) is 111 Å². The molecule has 0 spiro atoms. The Morgan fingerprint density at radius 3 is 2.50 bits per heavy atom. The molecule has 4 N–H and O–H groups in total. The fraction of sp³-hybridized carbons (Fsp3) is 0.600. The molecule has 0 bridgehead atoms. The summed E-state index contributed by atoms with van der Waals surface area (Å²) in [6.45, 7) is 11.6. The van der Waals surface area contributed by atoms with Crippen molar-refractivity contribution < 1.29 is 27.1 Å². The summed E-state index contributed by atoms with van der Waals surface area (Å²) in [6.07, 6.45) is 2.49. The van der Waals surface area contributed by atoms with Gasteiger partial charge in [0.25, 0.3) is 11.8 Å². The number of primary amides is 1. The maximum Gasteiger partial charge on any atom is 0.267 e. The highest BCUT2D eigenvalue weighted by Crippen LogP contribution is 2.31. The number of halogens is 1. The number of sulfonamides is 1. The maximum atomic E-state index is 14.2. The summed E-state index contributed by atoms with van der Waals surface area (Å²) in [5, 5.41) is 6.12. The number of alkyl halides is 1. The van der Waals surface area contributed by atoms with Crippen molar-refractivity contribution in [1.29, 1.82) is 0 Å². The van der Waals surface area contributed by atoms with E-state index in [4.69, 9.17) is 10.5 Å². The maximum absolute atomic E-state index is 14.2. The number of hydrogen-bond acceptors (Lipinski definition) is 8. The van der Waals surface area contributed by atoms with Crippen LogP contribution in [0.25, 0.3) is 0 Å². The number of hydrogen-bond donors (Lipinski definition) is 3. The third kappa shape index (κ3) is 7.42. The van der Waals surface area contributed by atoms with E-state index in [1.807, 2.05) is 13.8 Å². The van der Waals surface area contributed by atoms with Gasteiger partial charge in [-0.05, 0) is 56.5 Å². The molecular formula is C30H46FN7O5S. The molecule has 2 saturated heterocycles. The molecule has 44 heavy (non-hydrogen) atoms. The van der Waals surface area contributed by atoms with E-state index >= 15 is 0 Å². The average molecular weight is 636 g/mol. The third-order valence-electron chi connectivity index (χ3n) is 8.26. The summed E-state index contributed by atoms with van der Waals surface area (Å²) >= 11 is 0. The molecular weight excluding hydrogens is 589 g/mol. The number of amides is 2. The Kier molecular flexibility index (Phi) is 11.8. The van der Waals surface area contributed by atoms with Crippen LogP contribution in [0.2, 0.25) is 0 Å². The topological polar surface area (TPSA) is 142 Å².